The van der Waals surface area contributed by atoms with Gasteiger partial charge in [0.05, 0.1) is 24.3 Å². The smallest absolute Gasteiger partial charge is 0.408 e. The van der Waals surface area contributed by atoms with E-state index in [0.717, 1.165) is 11.1 Å². The van der Waals surface area contributed by atoms with Crippen LogP contribution in [-0.2, 0) is 25.5 Å². The lowest BCUT2D eigenvalue weighted by Gasteiger charge is -2.31. The number of thioether (sulfide) groups is 1. The van der Waals surface area contributed by atoms with Crippen LogP contribution in [0.2, 0.25) is 0 Å². The fraction of sp³-hybridized carbons (Fsp3) is 0.706. The number of aliphatic hydroxyl groups is 2. The van der Waals surface area contributed by atoms with Crippen LogP contribution in [0.25, 0.3) is 0 Å². The molecule has 0 saturated carbocycles. The van der Waals surface area contributed by atoms with E-state index in [9.17, 15) is 29.4 Å². The minimum atomic E-state index is -1.04. The third kappa shape index (κ3) is 12.4. The van der Waals surface area contributed by atoms with Gasteiger partial charge < -0.3 is 36.2 Å². The van der Waals surface area contributed by atoms with Crippen molar-refractivity contribution in [1.82, 2.24) is 21.3 Å². The molecule has 0 radical (unpaired) electrons. The van der Waals surface area contributed by atoms with Gasteiger partial charge in [-0.1, -0.05) is 58.9 Å². The number of hydrogen-bond donors (Lipinski definition) is 6. The molecule has 12 heteroatoms. The van der Waals surface area contributed by atoms with Crippen molar-refractivity contribution in [2.75, 3.05) is 12.0 Å². The van der Waals surface area contributed by atoms with Crippen LogP contribution in [0.4, 0.5) is 4.79 Å². The molecule has 0 aromatic heterocycles. The zero-order valence-electron chi connectivity index (χ0n) is 28.9. The van der Waals surface area contributed by atoms with Crippen LogP contribution in [0, 0.1) is 17.8 Å². The SMILES string of the molecule is CSCC[C@H](NC(=O)[C@@H](NC(=O)OC(C)(C)C)C(C)C)C(=O)N[C@@H](CC(C)C)[C@@H](O)C[C@@H](C)C(=O)NC1c2ccccc2C[C@H]1O. The van der Waals surface area contributed by atoms with E-state index in [-0.39, 0.29) is 24.2 Å². The van der Waals surface area contributed by atoms with E-state index in [2.05, 4.69) is 21.3 Å². The summed E-state index contributed by atoms with van der Waals surface area (Å²) in [7, 11) is 0. The standard InChI is InChI=1S/C34H56N4O7S/c1-19(2)16-25(26(39)17-21(5)30(41)37-29-23-13-11-10-12-22(23)18-27(29)40)36-31(42)24(14-15-46-9)35-32(43)28(20(3)4)38-33(44)45-34(6,7)8/h10-13,19-21,24-29,39-40H,14-18H2,1-9H3,(H,35,43)(H,36,42)(H,37,41)(H,38,44)/t21-,24+,25+,26+,27-,28+,29?/m1/s1. The van der Waals surface area contributed by atoms with Crippen molar-refractivity contribution in [3.63, 3.8) is 0 Å². The third-order valence-corrected chi connectivity index (χ3v) is 8.57. The van der Waals surface area contributed by atoms with Crippen LogP contribution in [-0.4, -0.2) is 82.0 Å². The number of carbonyl (C=O) groups is 4. The van der Waals surface area contributed by atoms with E-state index in [1.165, 1.54) is 11.8 Å². The highest BCUT2D eigenvalue weighted by molar-refractivity contribution is 7.98. The fourth-order valence-electron chi connectivity index (χ4n) is 5.52. The van der Waals surface area contributed by atoms with Gasteiger partial charge in [0, 0.05) is 12.3 Å². The van der Waals surface area contributed by atoms with Gasteiger partial charge in [-0.05, 0) is 75.0 Å². The van der Waals surface area contributed by atoms with E-state index in [4.69, 9.17) is 4.74 Å². The molecule has 260 valence electrons. The number of aliphatic hydroxyl groups excluding tert-OH is 2. The topological polar surface area (TPSA) is 166 Å². The molecule has 6 N–H and O–H groups in total. The summed E-state index contributed by atoms with van der Waals surface area (Å²) in [6, 6.07) is 4.58. The van der Waals surface area contributed by atoms with Crippen LogP contribution in [0.15, 0.2) is 24.3 Å². The number of nitrogens with one attached hydrogen (secondary N) is 4. The zero-order valence-corrected chi connectivity index (χ0v) is 29.7. The lowest BCUT2D eigenvalue weighted by atomic mass is 9.92. The van der Waals surface area contributed by atoms with Gasteiger partial charge in [0.1, 0.15) is 17.7 Å². The summed E-state index contributed by atoms with van der Waals surface area (Å²) in [5.74, 6) is -1.42. The summed E-state index contributed by atoms with van der Waals surface area (Å²) in [5, 5.41) is 33.2. The molecule has 1 aromatic carbocycles. The minimum absolute atomic E-state index is 0.0883. The first-order chi connectivity index (χ1) is 21.4. The predicted molar refractivity (Wildman–Crippen MR) is 181 cm³/mol. The summed E-state index contributed by atoms with van der Waals surface area (Å²) >= 11 is 1.53. The highest BCUT2D eigenvalue weighted by atomic mass is 32.2. The average molecular weight is 665 g/mol. The van der Waals surface area contributed by atoms with Crippen molar-refractivity contribution in [3.05, 3.63) is 35.4 Å². The van der Waals surface area contributed by atoms with Crippen molar-refractivity contribution in [2.24, 2.45) is 17.8 Å². The lowest BCUT2D eigenvalue weighted by molar-refractivity contribution is -0.131. The van der Waals surface area contributed by atoms with E-state index in [0.29, 0.717) is 25.0 Å². The predicted octanol–water partition coefficient (Wildman–Crippen LogP) is 3.47. The summed E-state index contributed by atoms with van der Waals surface area (Å²) in [6.07, 6.45) is 0.749. The molecule has 46 heavy (non-hydrogen) atoms. The molecule has 0 heterocycles. The molecule has 0 fully saturated rings. The Bertz CT molecular complexity index is 1170. The van der Waals surface area contributed by atoms with Crippen LogP contribution < -0.4 is 21.3 Å². The van der Waals surface area contributed by atoms with Gasteiger partial charge >= 0.3 is 6.09 Å². The lowest BCUT2D eigenvalue weighted by Crippen LogP contribution is -2.58. The van der Waals surface area contributed by atoms with Crippen molar-refractivity contribution in [2.45, 2.75) is 123 Å². The summed E-state index contributed by atoms with van der Waals surface area (Å²) in [6.45, 7) is 14.4. The van der Waals surface area contributed by atoms with E-state index >= 15 is 0 Å². The van der Waals surface area contributed by atoms with E-state index < -0.39 is 65.8 Å². The molecule has 0 aliphatic heterocycles. The fourth-order valence-corrected chi connectivity index (χ4v) is 5.99. The number of alkyl carbamates (subject to hydrolysis) is 1. The van der Waals surface area contributed by atoms with Crippen LogP contribution >= 0.6 is 11.8 Å². The van der Waals surface area contributed by atoms with Crippen molar-refractivity contribution in [1.29, 1.82) is 0 Å². The Kier molecular flexibility index (Phi) is 15.3. The Labute approximate surface area is 278 Å². The van der Waals surface area contributed by atoms with Gasteiger partial charge in [0.25, 0.3) is 0 Å². The second-order valence-electron chi connectivity index (χ2n) is 14.1. The van der Waals surface area contributed by atoms with Gasteiger partial charge in [-0.15, -0.1) is 0 Å². The molecule has 0 spiro atoms. The maximum Gasteiger partial charge on any atom is 0.408 e. The van der Waals surface area contributed by atoms with E-state index in [1.54, 1.807) is 41.5 Å². The van der Waals surface area contributed by atoms with Gasteiger partial charge in [-0.2, -0.15) is 11.8 Å². The Hall–Kier alpha value is -2.83. The molecule has 0 bridgehead atoms. The third-order valence-electron chi connectivity index (χ3n) is 7.93. The van der Waals surface area contributed by atoms with Crippen LogP contribution in [0.1, 0.15) is 91.8 Å². The van der Waals surface area contributed by atoms with Crippen molar-refractivity contribution in [3.8, 4) is 0 Å². The summed E-state index contributed by atoms with van der Waals surface area (Å²) in [5.41, 5.74) is 1.15. The number of fused-ring (bicyclic) bond motifs is 1. The molecule has 1 aliphatic carbocycles. The molecule has 2 rings (SSSR count). The van der Waals surface area contributed by atoms with Crippen molar-refractivity contribution < 1.29 is 34.1 Å². The van der Waals surface area contributed by atoms with Crippen LogP contribution in [0.5, 0.6) is 0 Å². The minimum Gasteiger partial charge on any atom is -0.444 e. The summed E-state index contributed by atoms with van der Waals surface area (Å²) < 4.78 is 5.33. The molecule has 0 saturated heterocycles. The highest BCUT2D eigenvalue weighted by Gasteiger charge is 2.35. The first-order valence-electron chi connectivity index (χ1n) is 16.3. The molecule has 7 atom stereocenters. The Morgan fingerprint density at radius 3 is 2.20 bits per heavy atom. The Balaban J connectivity index is 2.11. The molecule has 1 unspecified atom stereocenters. The van der Waals surface area contributed by atoms with Gasteiger partial charge in [-0.3, -0.25) is 14.4 Å². The first-order valence-corrected chi connectivity index (χ1v) is 17.7. The monoisotopic (exact) mass is 664 g/mol. The van der Waals surface area contributed by atoms with Gasteiger partial charge in [0.15, 0.2) is 0 Å². The molecular weight excluding hydrogens is 608 g/mol. The maximum absolute atomic E-state index is 13.6. The summed E-state index contributed by atoms with van der Waals surface area (Å²) in [4.78, 5) is 52.6. The highest BCUT2D eigenvalue weighted by Crippen LogP contribution is 2.31. The van der Waals surface area contributed by atoms with Crippen LogP contribution in [0.3, 0.4) is 0 Å². The first kappa shape index (κ1) is 39.3. The molecule has 11 nitrogen and oxygen atoms in total. The molecule has 1 aliphatic rings. The Morgan fingerprint density at radius 2 is 1.61 bits per heavy atom. The number of benzene rings is 1. The normalized spacial score (nSPS) is 19.4. The molecule has 1 aromatic rings. The second kappa shape index (κ2) is 17.9. The molecule has 4 amide bonds. The number of amides is 4. The number of ether oxygens (including phenoxy) is 1. The molecular formula is C34H56N4O7S. The van der Waals surface area contributed by atoms with Gasteiger partial charge in [0.2, 0.25) is 17.7 Å². The number of rotatable bonds is 16. The Morgan fingerprint density at radius 1 is 0.957 bits per heavy atom. The maximum atomic E-state index is 13.6. The van der Waals surface area contributed by atoms with E-state index in [1.807, 2.05) is 44.4 Å². The quantitative estimate of drug-likeness (QED) is 0.156. The average Bonchev–Trinajstić information content (AvgIpc) is 3.26. The van der Waals surface area contributed by atoms with Crippen molar-refractivity contribution >= 4 is 35.6 Å². The zero-order chi connectivity index (χ0) is 34.8. The largest absolute Gasteiger partial charge is 0.444 e. The van der Waals surface area contributed by atoms with Gasteiger partial charge in [-0.25, -0.2) is 4.79 Å². The number of carbonyl (C=O) groups excluding carboxylic acids is 4. The second-order valence-corrected chi connectivity index (χ2v) is 15.1. The number of hydrogen-bond acceptors (Lipinski definition) is 8.